The minimum Gasteiger partial charge on any atom is -0.495 e. The van der Waals surface area contributed by atoms with Gasteiger partial charge in [-0.05, 0) is 55.7 Å². The number of methoxy groups -OCH3 is 1. The number of amides is 2. The van der Waals surface area contributed by atoms with Crippen LogP contribution in [0.1, 0.15) is 42.9 Å². The van der Waals surface area contributed by atoms with Crippen molar-refractivity contribution in [3.05, 3.63) is 83.7 Å². The molecule has 1 aliphatic rings. The highest BCUT2D eigenvalue weighted by molar-refractivity contribution is 6.02. The number of para-hydroxylation sites is 1. The summed E-state index contributed by atoms with van der Waals surface area (Å²) >= 11 is 0. The van der Waals surface area contributed by atoms with Gasteiger partial charge in [-0.1, -0.05) is 54.5 Å². The summed E-state index contributed by atoms with van der Waals surface area (Å²) in [5.74, 6) is -1.08. The molecule has 8 nitrogen and oxygen atoms in total. The van der Waals surface area contributed by atoms with Gasteiger partial charge in [0.05, 0.1) is 18.3 Å². The summed E-state index contributed by atoms with van der Waals surface area (Å²) in [7, 11) is 1.50. The minimum absolute atomic E-state index is 0.0209. The maximum absolute atomic E-state index is 15.3. The van der Waals surface area contributed by atoms with Crippen molar-refractivity contribution in [3.63, 3.8) is 0 Å². The molecule has 4 aromatic rings. The zero-order chi connectivity index (χ0) is 26.6. The largest absolute Gasteiger partial charge is 0.495 e. The predicted octanol–water partition coefficient (Wildman–Crippen LogP) is 4.72. The number of halogens is 1. The Kier molecular flexibility index (Phi) is 7.35. The molecular formula is C29H30FN5O3. The van der Waals surface area contributed by atoms with Crippen LogP contribution in [0, 0.1) is 12.7 Å². The number of carbonyl (C=O) groups is 2. The van der Waals surface area contributed by atoms with E-state index in [1.54, 1.807) is 30.3 Å². The van der Waals surface area contributed by atoms with E-state index in [1.165, 1.54) is 22.8 Å². The molecule has 1 aromatic heterocycles. The summed E-state index contributed by atoms with van der Waals surface area (Å²) in [6.07, 6.45) is 3.73. The van der Waals surface area contributed by atoms with E-state index in [1.807, 2.05) is 37.3 Å². The molecule has 9 heteroatoms. The fourth-order valence-corrected chi connectivity index (χ4v) is 5.09. The Bertz CT molecular complexity index is 1460. The number of rotatable bonds is 8. The van der Waals surface area contributed by atoms with Gasteiger partial charge in [-0.15, -0.1) is 5.10 Å². The number of aryl methyl sites for hydroxylation is 1. The molecule has 38 heavy (non-hydrogen) atoms. The molecule has 1 aliphatic carbocycles. The predicted molar refractivity (Wildman–Crippen MR) is 142 cm³/mol. The van der Waals surface area contributed by atoms with Crippen LogP contribution >= 0.6 is 0 Å². The molecule has 1 heterocycles. The third-order valence-corrected chi connectivity index (χ3v) is 6.98. The first-order valence-corrected chi connectivity index (χ1v) is 12.8. The second-order valence-corrected chi connectivity index (χ2v) is 9.59. The van der Waals surface area contributed by atoms with Crippen LogP contribution in [0.5, 0.6) is 5.75 Å². The van der Waals surface area contributed by atoms with Crippen molar-refractivity contribution in [3.8, 4) is 5.75 Å². The highest BCUT2D eigenvalue weighted by Gasteiger charge is 2.37. The van der Waals surface area contributed by atoms with Gasteiger partial charge in [0.1, 0.15) is 29.7 Å². The monoisotopic (exact) mass is 515 g/mol. The summed E-state index contributed by atoms with van der Waals surface area (Å²) in [6, 6.07) is 17.4. The van der Waals surface area contributed by atoms with E-state index in [-0.39, 0.29) is 18.2 Å². The number of hydrogen-bond acceptors (Lipinski definition) is 5. The van der Waals surface area contributed by atoms with Crippen molar-refractivity contribution in [2.24, 2.45) is 0 Å². The van der Waals surface area contributed by atoms with E-state index in [4.69, 9.17) is 4.74 Å². The van der Waals surface area contributed by atoms with E-state index in [0.29, 0.717) is 22.5 Å². The Morgan fingerprint density at radius 3 is 2.61 bits per heavy atom. The van der Waals surface area contributed by atoms with Crippen molar-refractivity contribution >= 4 is 28.5 Å². The number of aromatic nitrogens is 3. The molecule has 1 fully saturated rings. The third kappa shape index (κ3) is 5.09. The molecule has 0 unspecified atom stereocenters. The Morgan fingerprint density at radius 1 is 1.11 bits per heavy atom. The average molecular weight is 516 g/mol. The van der Waals surface area contributed by atoms with Crippen LogP contribution in [-0.4, -0.2) is 40.0 Å². The van der Waals surface area contributed by atoms with Gasteiger partial charge in [0, 0.05) is 11.6 Å². The summed E-state index contributed by atoms with van der Waals surface area (Å²) in [4.78, 5) is 29.4. The zero-order valence-electron chi connectivity index (χ0n) is 21.4. The average Bonchev–Trinajstić information content (AvgIpc) is 3.58. The van der Waals surface area contributed by atoms with Crippen molar-refractivity contribution in [1.29, 1.82) is 0 Å². The van der Waals surface area contributed by atoms with E-state index in [2.05, 4.69) is 15.6 Å². The molecule has 5 rings (SSSR count). The molecule has 0 radical (unpaired) electrons. The van der Waals surface area contributed by atoms with Crippen molar-refractivity contribution in [1.82, 2.24) is 20.3 Å². The van der Waals surface area contributed by atoms with Gasteiger partial charge in [-0.3, -0.25) is 14.5 Å². The SMILES string of the molecule is COc1ccc(C)cc1N(C(=O)Cn1nnc2ccccc21)[C@H](C(=O)NC1CCCC1)c1ccccc1F. The fourth-order valence-electron chi connectivity index (χ4n) is 5.09. The summed E-state index contributed by atoms with van der Waals surface area (Å²) in [5, 5.41) is 11.4. The number of nitrogens with one attached hydrogen (secondary N) is 1. The van der Waals surface area contributed by atoms with Gasteiger partial charge < -0.3 is 10.1 Å². The smallest absolute Gasteiger partial charge is 0.249 e. The molecule has 0 spiro atoms. The molecule has 1 N–H and O–H groups in total. The second-order valence-electron chi connectivity index (χ2n) is 9.59. The van der Waals surface area contributed by atoms with Crippen molar-refractivity contribution < 1.29 is 18.7 Å². The maximum Gasteiger partial charge on any atom is 0.249 e. The van der Waals surface area contributed by atoms with Crippen LogP contribution in [0.15, 0.2) is 66.7 Å². The lowest BCUT2D eigenvalue weighted by Crippen LogP contribution is -2.47. The third-order valence-electron chi connectivity index (χ3n) is 6.98. The summed E-state index contributed by atoms with van der Waals surface area (Å²) in [6.45, 7) is 1.67. The topological polar surface area (TPSA) is 89.3 Å². The number of carbonyl (C=O) groups excluding carboxylic acids is 2. The Morgan fingerprint density at radius 2 is 1.84 bits per heavy atom. The first-order chi connectivity index (χ1) is 18.5. The van der Waals surface area contributed by atoms with E-state index >= 15 is 4.39 Å². The molecule has 0 bridgehead atoms. The molecule has 1 atom stereocenters. The standard InChI is InChI=1S/C29H30FN5O3/c1-19-15-16-26(38-2)25(17-19)35(27(36)18-34-24-14-8-7-13-23(24)32-33-34)28(21-11-5-6-12-22(21)30)29(37)31-20-9-3-4-10-20/h5-8,11-17,20,28H,3-4,9-10,18H2,1-2H3,(H,31,37)/t28-/m0/s1. The lowest BCUT2D eigenvalue weighted by molar-refractivity contribution is -0.127. The van der Waals surface area contributed by atoms with Crippen molar-refractivity contribution in [2.45, 2.75) is 51.2 Å². The molecular weight excluding hydrogens is 485 g/mol. The summed E-state index contributed by atoms with van der Waals surface area (Å²) < 4.78 is 22.4. The van der Waals surface area contributed by atoms with E-state index in [9.17, 15) is 9.59 Å². The number of ether oxygens (including phenoxy) is 1. The Labute approximate surface area is 220 Å². The van der Waals surface area contributed by atoms with Crippen LogP contribution in [0.3, 0.4) is 0 Å². The number of fused-ring (bicyclic) bond motifs is 1. The first kappa shape index (κ1) is 25.4. The maximum atomic E-state index is 15.3. The van der Waals surface area contributed by atoms with Gasteiger partial charge in [0.15, 0.2) is 0 Å². The normalized spacial score (nSPS) is 14.4. The zero-order valence-corrected chi connectivity index (χ0v) is 21.4. The number of hydrogen-bond donors (Lipinski definition) is 1. The van der Waals surface area contributed by atoms with Crippen molar-refractivity contribution in [2.75, 3.05) is 12.0 Å². The molecule has 2 amide bonds. The van der Waals surface area contributed by atoms with Crippen LogP contribution in [0.2, 0.25) is 0 Å². The van der Waals surface area contributed by atoms with Gasteiger partial charge in [0.2, 0.25) is 11.8 Å². The molecule has 0 aliphatic heterocycles. The van der Waals surface area contributed by atoms with Crippen LogP contribution in [0.4, 0.5) is 10.1 Å². The number of anilines is 1. The van der Waals surface area contributed by atoms with Gasteiger partial charge in [-0.2, -0.15) is 0 Å². The van der Waals surface area contributed by atoms with Gasteiger partial charge in [0.25, 0.3) is 0 Å². The lowest BCUT2D eigenvalue weighted by atomic mass is 10.0. The summed E-state index contributed by atoms with van der Waals surface area (Å²) in [5.41, 5.74) is 2.65. The number of nitrogens with zero attached hydrogens (tertiary/aromatic N) is 4. The quantitative estimate of drug-likeness (QED) is 0.367. The Balaban J connectivity index is 1.64. The van der Waals surface area contributed by atoms with E-state index < -0.39 is 23.7 Å². The lowest BCUT2D eigenvalue weighted by Gasteiger charge is -2.33. The minimum atomic E-state index is -1.27. The first-order valence-electron chi connectivity index (χ1n) is 12.8. The van der Waals surface area contributed by atoms with Crippen LogP contribution in [-0.2, 0) is 16.1 Å². The van der Waals surface area contributed by atoms with Crippen LogP contribution < -0.4 is 15.0 Å². The highest BCUT2D eigenvalue weighted by Crippen LogP contribution is 2.37. The second kappa shape index (κ2) is 11.0. The highest BCUT2D eigenvalue weighted by atomic mass is 19.1. The van der Waals surface area contributed by atoms with Gasteiger partial charge in [-0.25, -0.2) is 9.07 Å². The molecule has 196 valence electrons. The molecule has 1 saturated carbocycles. The van der Waals surface area contributed by atoms with E-state index in [0.717, 1.165) is 31.2 Å². The Hall–Kier alpha value is -4.27. The molecule has 0 saturated heterocycles. The van der Waals surface area contributed by atoms with Crippen LogP contribution in [0.25, 0.3) is 11.0 Å². The fraction of sp³-hybridized carbons (Fsp3) is 0.310. The molecule has 3 aromatic carbocycles. The van der Waals surface area contributed by atoms with Gasteiger partial charge >= 0.3 is 0 Å². The number of benzene rings is 3.